The topological polar surface area (TPSA) is 35.2 Å². The maximum atomic E-state index is 5.90. The summed E-state index contributed by atoms with van der Waals surface area (Å²) in [7, 11) is 0. The Morgan fingerprint density at radius 1 is 1.50 bits per heavy atom. The van der Waals surface area contributed by atoms with E-state index in [0.29, 0.717) is 12.0 Å². The zero-order valence-corrected chi connectivity index (χ0v) is 6.84. The van der Waals surface area contributed by atoms with E-state index in [9.17, 15) is 0 Å². The predicted molar refractivity (Wildman–Crippen MR) is 41.8 cm³/mol. The van der Waals surface area contributed by atoms with Gasteiger partial charge in [0.25, 0.3) is 0 Å². The molecule has 1 aliphatic rings. The molecule has 1 aliphatic heterocycles. The fraction of sp³-hybridized carbons (Fsp3) is 1.00. The van der Waals surface area contributed by atoms with Crippen LogP contribution in [0.1, 0.15) is 26.7 Å². The van der Waals surface area contributed by atoms with Crippen molar-refractivity contribution in [3.05, 3.63) is 0 Å². The summed E-state index contributed by atoms with van der Waals surface area (Å²) in [5.41, 5.74) is 5.90. The van der Waals surface area contributed by atoms with Crippen LogP contribution >= 0.6 is 0 Å². The highest BCUT2D eigenvalue weighted by Gasteiger charge is 2.24. The van der Waals surface area contributed by atoms with Gasteiger partial charge in [0.15, 0.2) is 0 Å². The lowest BCUT2D eigenvalue weighted by atomic mass is 9.98. The van der Waals surface area contributed by atoms with E-state index in [1.165, 1.54) is 6.42 Å². The zero-order valence-electron chi connectivity index (χ0n) is 6.84. The third kappa shape index (κ3) is 1.70. The van der Waals surface area contributed by atoms with Crippen LogP contribution in [0.4, 0.5) is 0 Å². The summed E-state index contributed by atoms with van der Waals surface area (Å²) in [5.74, 6) is 0.545. The Hall–Kier alpha value is -0.0800. The molecule has 1 rings (SSSR count). The smallest absolute Gasteiger partial charge is 0.0729 e. The van der Waals surface area contributed by atoms with E-state index in [0.717, 1.165) is 13.0 Å². The van der Waals surface area contributed by atoms with Crippen molar-refractivity contribution in [3.8, 4) is 0 Å². The van der Waals surface area contributed by atoms with Crippen molar-refractivity contribution in [1.82, 2.24) is 0 Å². The molecule has 1 fully saturated rings. The van der Waals surface area contributed by atoms with Crippen molar-refractivity contribution in [3.63, 3.8) is 0 Å². The Morgan fingerprint density at radius 3 is 2.60 bits per heavy atom. The largest absolute Gasteiger partial charge is 0.377 e. The molecule has 1 saturated heterocycles. The van der Waals surface area contributed by atoms with Crippen LogP contribution in [0.5, 0.6) is 0 Å². The molecule has 0 radical (unpaired) electrons. The van der Waals surface area contributed by atoms with Crippen molar-refractivity contribution in [2.24, 2.45) is 11.7 Å². The summed E-state index contributed by atoms with van der Waals surface area (Å²) < 4.78 is 5.45. The van der Waals surface area contributed by atoms with E-state index in [-0.39, 0.29) is 6.04 Å². The number of hydrogen-bond acceptors (Lipinski definition) is 2. The first kappa shape index (κ1) is 8.02. The van der Waals surface area contributed by atoms with Crippen LogP contribution in [0.15, 0.2) is 0 Å². The third-order valence-electron chi connectivity index (χ3n) is 2.16. The molecule has 0 saturated carbocycles. The molecule has 0 aromatic carbocycles. The maximum absolute atomic E-state index is 5.90. The molecule has 0 amide bonds. The van der Waals surface area contributed by atoms with Gasteiger partial charge in [-0.15, -0.1) is 0 Å². The highest BCUT2D eigenvalue weighted by molar-refractivity contribution is 4.79. The quantitative estimate of drug-likeness (QED) is 0.629. The lowest BCUT2D eigenvalue weighted by Gasteiger charge is -2.21. The lowest BCUT2D eigenvalue weighted by Crippen LogP contribution is -2.38. The van der Waals surface area contributed by atoms with Crippen LogP contribution in [0.25, 0.3) is 0 Å². The van der Waals surface area contributed by atoms with Crippen molar-refractivity contribution >= 4 is 0 Å². The van der Waals surface area contributed by atoms with Gasteiger partial charge in [-0.1, -0.05) is 13.8 Å². The van der Waals surface area contributed by atoms with Crippen LogP contribution in [0, 0.1) is 5.92 Å². The van der Waals surface area contributed by atoms with E-state index in [2.05, 4.69) is 13.8 Å². The van der Waals surface area contributed by atoms with Gasteiger partial charge in [-0.2, -0.15) is 0 Å². The number of ether oxygens (including phenoxy) is 1. The molecule has 0 aliphatic carbocycles. The molecule has 0 aromatic heterocycles. The van der Waals surface area contributed by atoms with Crippen molar-refractivity contribution in [2.45, 2.75) is 38.8 Å². The van der Waals surface area contributed by atoms with E-state index in [1.54, 1.807) is 0 Å². The normalized spacial score (nSPS) is 29.4. The van der Waals surface area contributed by atoms with Crippen molar-refractivity contribution in [1.29, 1.82) is 0 Å². The van der Waals surface area contributed by atoms with E-state index in [1.807, 2.05) is 0 Å². The minimum atomic E-state index is 0.238. The van der Waals surface area contributed by atoms with E-state index < -0.39 is 0 Å². The SMILES string of the molecule is CC(C)C(N)C1CCCO1. The Bertz CT molecular complexity index is 97.4. The molecule has 2 atom stereocenters. The first-order valence-corrected chi connectivity index (χ1v) is 4.09. The maximum Gasteiger partial charge on any atom is 0.0729 e. The molecule has 2 heteroatoms. The van der Waals surface area contributed by atoms with Crippen LogP contribution in [-0.2, 0) is 4.74 Å². The first-order valence-electron chi connectivity index (χ1n) is 4.09. The zero-order chi connectivity index (χ0) is 7.56. The molecule has 2 unspecified atom stereocenters. The number of hydrogen-bond donors (Lipinski definition) is 1. The third-order valence-corrected chi connectivity index (χ3v) is 2.16. The summed E-state index contributed by atoms with van der Waals surface area (Å²) in [4.78, 5) is 0. The minimum Gasteiger partial charge on any atom is -0.377 e. The van der Waals surface area contributed by atoms with Crippen LogP contribution in [0.2, 0.25) is 0 Å². The van der Waals surface area contributed by atoms with Crippen LogP contribution in [0.3, 0.4) is 0 Å². The highest BCUT2D eigenvalue weighted by atomic mass is 16.5. The second kappa shape index (κ2) is 3.35. The van der Waals surface area contributed by atoms with Gasteiger partial charge in [0.05, 0.1) is 6.10 Å². The minimum absolute atomic E-state index is 0.238. The van der Waals surface area contributed by atoms with Gasteiger partial charge in [-0.25, -0.2) is 0 Å². The summed E-state index contributed by atoms with van der Waals surface area (Å²) in [5, 5.41) is 0. The fourth-order valence-electron chi connectivity index (χ4n) is 1.34. The van der Waals surface area contributed by atoms with Crippen LogP contribution in [-0.4, -0.2) is 18.8 Å². The summed E-state index contributed by atoms with van der Waals surface area (Å²) in [6.07, 6.45) is 2.67. The summed E-state index contributed by atoms with van der Waals surface area (Å²) >= 11 is 0. The Balaban J connectivity index is 2.32. The number of nitrogens with two attached hydrogens (primary N) is 1. The standard InChI is InChI=1S/C8H17NO/c1-6(2)8(9)7-4-3-5-10-7/h6-8H,3-5,9H2,1-2H3. The Labute approximate surface area is 62.7 Å². The Morgan fingerprint density at radius 2 is 2.20 bits per heavy atom. The molecule has 10 heavy (non-hydrogen) atoms. The summed E-state index contributed by atoms with van der Waals surface area (Å²) in [6.45, 7) is 5.20. The molecule has 0 bridgehead atoms. The second-order valence-corrected chi connectivity index (χ2v) is 3.37. The van der Waals surface area contributed by atoms with E-state index in [4.69, 9.17) is 10.5 Å². The molecular weight excluding hydrogens is 126 g/mol. The molecule has 2 N–H and O–H groups in total. The second-order valence-electron chi connectivity index (χ2n) is 3.37. The van der Waals surface area contributed by atoms with Gasteiger partial charge in [0, 0.05) is 12.6 Å². The summed E-state index contributed by atoms with van der Waals surface area (Å²) in [6, 6.07) is 0.238. The molecule has 0 aromatic rings. The monoisotopic (exact) mass is 143 g/mol. The molecule has 2 nitrogen and oxygen atoms in total. The first-order chi connectivity index (χ1) is 4.72. The van der Waals surface area contributed by atoms with E-state index >= 15 is 0 Å². The molecular formula is C8H17NO. The van der Waals surface area contributed by atoms with Gasteiger partial charge in [-0.05, 0) is 18.8 Å². The fourth-order valence-corrected chi connectivity index (χ4v) is 1.34. The molecule has 60 valence electrons. The average molecular weight is 143 g/mol. The van der Waals surface area contributed by atoms with Gasteiger partial charge in [0.1, 0.15) is 0 Å². The van der Waals surface area contributed by atoms with Crippen molar-refractivity contribution < 1.29 is 4.74 Å². The van der Waals surface area contributed by atoms with Crippen molar-refractivity contribution in [2.75, 3.05) is 6.61 Å². The van der Waals surface area contributed by atoms with Crippen LogP contribution < -0.4 is 5.73 Å². The average Bonchev–Trinajstić information content (AvgIpc) is 2.36. The van der Waals surface area contributed by atoms with Gasteiger partial charge < -0.3 is 10.5 Å². The lowest BCUT2D eigenvalue weighted by molar-refractivity contribution is 0.0769. The highest BCUT2D eigenvalue weighted by Crippen LogP contribution is 2.18. The van der Waals surface area contributed by atoms with Gasteiger partial charge in [0.2, 0.25) is 0 Å². The molecule has 0 spiro atoms. The van der Waals surface area contributed by atoms with Gasteiger partial charge >= 0.3 is 0 Å². The molecule has 1 heterocycles. The van der Waals surface area contributed by atoms with Gasteiger partial charge in [-0.3, -0.25) is 0 Å². The predicted octanol–water partition coefficient (Wildman–Crippen LogP) is 1.15. The number of rotatable bonds is 2. The Kier molecular flexibility index (Phi) is 2.69.